The number of nitrogens with two attached hydrogens (primary N) is 1. The predicted molar refractivity (Wildman–Crippen MR) is 122 cm³/mol. The van der Waals surface area contributed by atoms with E-state index < -0.39 is 5.91 Å². The number of primary amides is 1. The first-order chi connectivity index (χ1) is 14.8. The summed E-state index contributed by atoms with van der Waals surface area (Å²) < 4.78 is 5.88. The third-order valence-corrected chi connectivity index (χ3v) is 5.07. The Hall–Kier alpha value is -3.19. The van der Waals surface area contributed by atoms with Gasteiger partial charge in [-0.25, -0.2) is 0 Å². The lowest BCUT2D eigenvalue weighted by atomic mass is 10.1. The summed E-state index contributed by atoms with van der Waals surface area (Å²) in [6.07, 6.45) is 3.31. The van der Waals surface area contributed by atoms with E-state index in [9.17, 15) is 9.59 Å². The molecule has 1 aromatic heterocycles. The Morgan fingerprint density at radius 2 is 1.94 bits per heavy atom. The zero-order chi connectivity index (χ0) is 22.8. The molecule has 31 heavy (non-hydrogen) atoms. The maximum Gasteiger partial charge on any atom is 0.246 e. The van der Waals surface area contributed by atoms with Gasteiger partial charge >= 0.3 is 0 Å². The Balaban J connectivity index is 0.000000224. The third kappa shape index (κ3) is 7.53. The first-order valence-electron chi connectivity index (χ1n) is 10.4. The number of nitrogens with zero attached hydrogens (tertiary/aromatic N) is 2. The van der Waals surface area contributed by atoms with Gasteiger partial charge in [-0.3, -0.25) is 14.6 Å². The molecule has 1 fully saturated rings. The smallest absolute Gasteiger partial charge is 0.246 e. The van der Waals surface area contributed by atoms with Gasteiger partial charge in [-0.05, 0) is 71.5 Å². The summed E-state index contributed by atoms with van der Waals surface area (Å²) in [6, 6.07) is 13.7. The Bertz CT molecular complexity index is 912. The lowest BCUT2D eigenvalue weighted by Gasteiger charge is -2.29. The van der Waals surface area contributed by atoms with Crippen molar-refractivity contribution < 1.29 is 14.3 Å². The first-order valence-corrected chi connectivity index (χ1v) is 10.4. The SMILES string of the molecule is C/C(C(N)=O)=C(/NC=O)c1ccc(C)nc1C.CN1CCCC(Oc2ccccc2)C1. The standard InChI is InChI=1S/C12H15N3O2.C12H17NO/c1-7-4-5-10(9(3)15-7)11(14-6-16)8(2)12(13)17;1-13-9-5-8-12(10-13)14-11-6-3-2-4-7-11/h4-6H,1-3H3,(H2,13,17)(H,14,16);2-4,6-7,12H,5,8-10H2,1H3/b11-8-;. The van der Waals surface area contributed by atoms with Crippen LogP contribution in [0.1, 0.15) is 36.7 Å². The molecule has 1 atom stereocenters. The van der Waals surface area contributed by atoms with Crippen LogP contribution in [0, 0.1) is 13.8 Å². The Morgan fingerprint density at radius 3 is 2.52 bits per heavy atom. The average Bonchev–Trinajstić information content (AvgIpc) is 2.73. The number of amides is 2. The summed E-state index contributed by atoms with van der Waals surface area (Å²) in [5.74, 6) is 0.419. The molecule has 3 N–H and O–H groups in total. The van der Waals surface area contributed by atoms with Gasteiger partial charge in [0.2, 0.25) is 12.3 Å². The van der Waals surface area contributed by atoms with Crippen molar-refractivity contribution in [1.29, 1.82) is 0 Å². The van der Waals surface area contributed by atoms with Crippen LogP contribution in [0.15, 0.2) is 48.0 Å². The number of aryl methyl sites for hydroxylation is 2. The summed E-state index contributed by atoms with van der Waals surface area (Å²) in [5, 5.41) is 2.50. The van der Waals surface area contributed by atoms with Crippen molar-refractivity contribution in [2.24, 2.45) is 5.73 Å². The lowest BCUT2D eigenvalue weighted by molar-refractivity contribution is -0.114. The van der Waals surface area contributed by atoms with Gasteiger partial charge in [0.05, 0.1) is 5.70 Å². The molecule has 1 aliphatic heterocycles. The van der Waals surface area contributed by atoms with Crippen molar-refractivity contribution in [2.75, 3.05) is 20.1 Å². The van der Waals surface area contributed by atoms with Crippen LogP contribution in [-0.2, 0) is 9.59 Å². The van der Waals surface area contributed by atoms with Gasteiger partial charge in [0.15, 0.2) is 0 Å². The number of hydrogen-bond acceptors (Lipinski definition) is 5. The number of benzene rings is 1. The maximum atomic E-state index is 11.2. The van der Waals surface area contributed by atoms with Crippen molar-refractivity contribution in [1.82, 2.24) is 15.2 Å². The lowest BCUT2D eigenvalue weighted by Crippen LogP contribution is -2.38. The predicted octanol–water partition coefficient (Wildman–Crippen LogP) is 2.82. The molecule has 1 unspecified atom stereocenters. The van der Waals surface area contributed by atoms with E-state index in [-0.39, 0.29) is 0 Å². The molecule has 2 amide bonds. The van der Waals surface area contributed by atoms with Crippen LogP contribution in [0.2, 0.25) is 0 Å². The summed E-state index contributed by atoms with van der Waals surface area (Å²) in [6.45, 7) is 7.49. The van der Waals surface area contributed by atoms with Crippen molar-refractivity contribution in [3.63, 3.8) is 0 Å². The average molecular weight is 425 g/mol. The largest absolute Gasteiger partial charge is 0.489 e. The molecule has 7 nitrogen and oxygen atoms in total. The normalized spacial score (nSPS) is 17.0. The Morgan fingerprint density at radius 1 is 1.23 bits per heavy atom. The van der Waals surface area contributed by atoms with E-state index in [0.29, 0.717) is 29.3 Å². The molecular formula is C24H32N4O3. The Labute approximate surface area is 184 Å². The zero-order valence-electron chi connectivity index (χ0n) is 18.7. The molecule has 166 valence electrons. The number of hydrogen-bond donors (Lipinski definition) is 2. The maximum absolute atomic E-state index is 11.2. The summed E-state index contributed by atoms with van der Waals surface area (Å²) in [4.78, 5) is 28.3. The van der Waals surface area contributed by atoms with Crippen molar-refractivity contribution >= 4 is 18.0 Å². The van der Waals surface area contributed by atoms with Gasteiger partial charge in [-0.15, -0.1) is 0 Å². The molecule has 0 aliphatic carbocycles. The van der Waals surface area contributed by atoms with Crippen LogP contribution < -0.4 is 15.8 Å². The minimum atomic E-state index is -0.575. The highest BCUT2D eigenvalue weighted by atomic mass is 16.5. The van der Waals surface area contributed by atoms with Gasteiger partial charge in [0, 0.05) is 29.1 Å². The molecule has 0 saturated carbocycles. The number of nitrogens with one attached hydrogen (secondary N) is 1. The molecule has 1 aliphatic rings. The van der Waals surface area contributed by atoms with E-state index in [1.54, 1.807) is 13.0 Å². The van der Waals surface area contributed by atoms with E-state index >= 15 is 0 Å². The molecular weight excluding hydrogens is 392 g/mol. The molecule has 0 bridgehead atoms. The number of carbonyl (C=O) groups is 2. The highest BCUT2D eigenvalue weighted by Crippen LogP contribution is 2.19. The number of likely N-dealkylation sites (tertiary alicyclic amines) is 1. The topological polar surface area (TPSA) is 97.5 Å². The van der Waals surface area contributed by atoms with E-state index in [0.717, 1.165) is 23.7 Å². The first kappa shape index (κ1) is 24.1. The molecule has 1 aromatic carbocycles. The number of piperidine rings is 1. The van der Waals surface area contributed by atoms with Gasteiger partial charge in [0.1, 0.15) is 11.9 Å². The zero-order valence-corrected chi connectivity index (χ0v) is 18.7. The van der Waals surface area contributed by atoms with Crippen LogP contribution in [0.25, 0.3) is 5.70 Å². The molecule has 0 radical (unpaired) electrons. The van der Waals surface area contributed by atoms with Crippen LogP contribution in [0.5, 0.6) is 5.75 Å². The molecule has 0 spiro atoms. The fourth-order valence-corrected chi connectivity index (χ4v) is 3.43. The minimum absolute atomic E-state index is 0.297. The summed E-state index contributed by atoms with van der Waals surface area (Å²) in [7, 11) is 2.15. The van der Waals surface area contributed by atoms with Gasteiger partial charge in [-0.2, -0.15) is 0 Å². The van der Waals surface area contributed by atoms with Crippen LogP contribution in [0.4, 0.5) is 0 Å². The third-order valence-electron chi connectivity index (χ3n) is 5.07. The van der Waals surface area contributed by atoms with Gasteiger partial charge < -0.3 is 20.7 Å². The van der Waals surface area contributed by atoms with Crippen LogP contribution in [0.3, 0.4) is 0 Å². The highest BCUT2D eigenvalue weighted by Gasteiger charge is 2.18. The number of pyridine rings is 1. The van der Waals surface area contributed by atoms with E-state index in [1.165, 1.54) is 19.4 Å². The quantitative estimate of drug-likeness (QED) is 0.549. The fourth-order valence-electron chi connectivity index (χ4n) is 3.43. The second-order valence-electron chi connectivity index (χ2n) is 7.67. The van der Waals surface area contributed by atoms with Gasteiger partial charge in [-0.1, -0.05) is 18.2 Å². The Kier molecular flexibility index (Phi) is 9.21. The fraction of sp³-hybridized carbons (Fsp3) is 0.375. The number of aromatic nitrogens is 1. The second kappa shape index (κ2) is 11.9. The molecule has 3 rings (SSSR count). The van der Waals surface area contributed by atoms with Crippen LogP contribution in [-0.4, -0.2) is 48.4 Å². The van der Waals surface area contributed by atoms with E-state index in [2.05, 4.69) is 22.2 Å². The highest BCUT2D eigenvalue weighted by molar-refractivity contribution is 6.00. The van der Waals surface area contributed by atoms with E-state index in [1.807, 2.05) is 50.2 Å². The van der Waals surface area contributed by atoms with Gasteiger partial charge in [0.25, 0.3) is 0 Å². The van der Waals surface area contributed by atoms with Crippen molar-refractivity contribution in [3.05, 3.63) is 65.0 Å². The molecule has 2 aromatic rings. The van der Waals surface area contributed by atoms with Crippen LogP contribution >= 0.6 is 0 Å². The number of para-hydroxylation sites is 1. The number of likely N-dealkylation sites (N-methyl/N-ethyl adjacent to an activating group) is 1. The monoisotopic (exact) mass is 424 g/mol. The summed E-state index contributed by atoms with van der Waals surface area (Å²) in [5.41, 5.74) is 8.20. The number of rotatable bonds is 6. The number of carbonyl (C=O) groups excluding carboxylic acids is 2. The number of ether oxygens (including phenoxy) is 1. The molecule has 1 saturated heterocycles. The van der Waals surface area contributed by atoms with E-state index in [4.69, 9.17) is 10.5 Å². The molecule has 2 heterocycles. The minimum Gasteiger partial charge on any atom is -0.489 e. The van der Waals surface area contributed by atoms with Crippen molar-refractivity contribution in [2.45, 2.75) is 39.7 Å². The second-order valence-corrected chi connectivity index (χ2v) is 7.67. The summed E-state index contributed by atoms with van der Waals surface area (Å²) >= 11 is 0. The molecule has 7 heteroatoms. The van der Waals surface area contributed by atoms with Crippen molar-refractivity contribution in [3.8, 4) is 5.75 Å².